The van der Waals surface area contributed by atoms with Gasteiger partial charge in [0.2, 0.25) is 0 Å². The molecule has 0 saturated carbocycles. The Bertz CT molecular complexity index is 441. The molecule has 4 heteroatoms. The van der Waals surface area contributed by atoms with E-state index in [1.165, 1.54) is 6.33 Å². The topological polar surface area (TPSA) is 65.4 Å². The quantitative estimate of drug-likeness (QED) is 0.818. The van der Waals surface area contributed by atoms with Gasteiger partial charge in [0, 0.05) is 6.42 Å². The van der Waals surface area contributed by atoms with Gasteiger partial charge in [0.25, 0.3) is 0 Å². The molecule has 0 bridgehead atoms. The van der Waals surface area contributed by atoms with Crippen LogP contribution in [-0.4, -0.2) is 15.2 Å². The summed E-state index contributed by atoms with van der Waals surface area (Å²) in [4.78, 5) is 4.09. The van der Waals surface area contributed by atoms with Gasteiger partial charge in [-0.2, -0.15) is 10.4 Å². The molecule has 1 unspecified atom stereocenters. The lowest BCUT2D eigenvalue weighted by atomic mass is 9.96. The first-order chi connectivity index (χ1) is 7.42. The van der Waals surface area contributed by atoms with Crippen molar-refractivity contribution in [3.05, 3.63) is 48.0 Å². The molecular formula is C11H10N4. The first kappa shape index (κ1) is 9.41. The average molecular weight is 198 g/mol. The first-order valence-electron chi connectivity index (χ1n) is 4.69. The third-order valence-corrected chi connectivity index (χ3v) is 2.26. The number of rotatable bonds is 3. The third kappa shape index (κ3) is 2.02. The van der Waals surface area contributed by atoms with Crippen molar-refractivity contribution < 1.29 is 0 Å². The number of hydrogen-bond acceptors (Lipinski definition) is 3. The smallest absolute Gasteiger partial charge is 0.137 e. The van der Waals surface area contributed by atoms with Crippen molar-refractivity contribution in [2.45, 2.75) is 12.3 Å². The largest absolute Gasteiger partial charge is 0.263 e. The van der Waals surface area contributed by atoms with Gasteiger partial charge < -0.3 is 0 Å². The fraction of sp³-hybridized carbons (Fsp3) is 0.182. The molecule has 15 heavy (non-hydrogen) atoms. The van der Waals surface area contributed by atoms with Crippen molar-refractivity contribution in [1.29, 1.82) is 5.26 Å². The summed E-state index contributed by atoms with van der Waals surface area (Å²) in [6.07, 6.45) is 1.86. The normalized spacial score (nSPS) is 11.9. The van der Waals surface area contributed by atoms with Crippen LogP contribution in [0.1, 0.15) is 23.7 Å². The van der Waals surface area contributed by atoms with E-state index in [0.717, 1.165) is 11.4 Å². The van der Waals surface area contributed by atoms with Crippen molar-refractivity contribution in [1.82, 2.24) is 15.2 Å². The number of nitrogens with one attached hydrogen (secondary N) is 1. The van der Waals surface area contributed by atoms with Crippen LogP contribution in [0, 0.1) is 11.3 Å². The molecule has 1 N–H and O–H groups in total. The first-order valence-corrected chi connectivity index (χ1v) is 4.69. The van der Waals surface area contributed by atoms with Crippen LogP contribution in [0.4, 0.5) is 0 Å². The Morgan fingerprint density at radius 3 is 2.73 bits per heavy atom. The number of aromatic nitrogens is 3. The van der Waals surface area contributed by atoms with Crippen molar-refractivity contribution in [2.75, 3.05) is 0 Å². The lowest BCUT2D eigenvalue weighted by molar-refractivity contribution is 0.766. The Balaban J connectivity index is 2.33. The maximum absolute atomic E-state index is 8.78. The van der Waals surface area contributed by atoms with E-state index in [1.807, 2.05) is 30.3 Å². The number of hydrogen-bond donors (Lipinski definition) is 1. The van der Waals surface area contributed by atoms with Crippen LogP contribution < -0.4 is 0 Å². The molecule has 0 saturated heterocycles. The zero-order chi connectivity index (χ0) is 10.5. The summed E-state index contributed by atoms with van der Waals surface area (Å²) in [5.74, 6) is 0.724. The van der Waals surface area contributed by atoms with Crippen LogP contribution in [0.5, 0.6) is 0 Å². The lowest BCUT2D eigenvalue weighted by Crippen LogP contribution is -2.02. The molecule has 1 aromatic carbocycles. The number of nitriles is 1. The third-order valence-electron chi connectivity index (χ3n) is 2.26. The molecule has 0 aliphatic rings. The summed E-state index contributed by atoms with van der Waals surface area (Å²) in [5.41, 5.74) is 1.08. The lowest BCUT2D eigenvalue weighted by Gasteiger charge is -2.09. The molecule has 0 aliphatic heterocycles. The molecule has 74 valence electrons. The van der Waals surface area contributed by atoms with Gasteiger partial charge in [-0.15, -0.1) is 0 Å². The SMILES string of the molecule is N#CCC(c1ccccc1)c1ncn[nH]1. The van der Waals surface area contributed by atoms with E-state index in [2.05, 4.69) is 21.3 Å². The highest BCUT2D eigenvalue weighted by molar-refractivity contribution is 5.26. The Labute approximate surface area is 87.6 Å². The minimum absolute atomic E-state index is 0.0151. The number of nitrogens with zero attached hydrogens (tertiary/aromatic N) is 3. The van der Waals surface area contributed by atoms with Gasteiger partial charge in [-0.3, -0.25) is 5.10 Å². The van der Waals surface area contributed by atoms with Crippen LogP contribution in [0.25, 0.3) is 0 Å². The standard InChI is InChI=1S/C11H10N4/c12-7-6-10(11-13-8-14-15-11)9-4-2-1-3-5-9/h1-5,8,10H,6H2,(H,13,14,15). The molecule has 4 nitrogen and oxygen atoms in total. The summed E-state index contributed by atoms with van der Waals surface area (Å²) in [7, 11) is 0. The summed E-state index contributed by atoms with van der Waals surface area (Å²) in [6.45, 7) is 0. The molecule has 2 aromatic rings. The summed E-state index contributed by atoms with van der Waals surface area (Å²) in [6, 6.07) is 12.0. The molecule has 1 heterocycles. The van der Waals surface area contributed by atoms with E-state index in [9.17, 15) is 0 Å². The van der Waals surface area contributed by atoms with Crippen LogP contribution >= 0.6 is 0 Å². The van der Waals surface area contributed by atoms with Gasteiger partial charge >= 0.3 is 0 Å². The predicted molar refractivity (Wildman–Crippen MR) is 54.9 cm³/mol. The molecule has 2 rings (SSSR count). The second kappa shape index (κ2) is 4.38. The van der Waals surface area contributed by atoms with Gasteiger partial charge in [-0.1, -0.05) is 30.3 Å². The average Bonchev–Trinajstić information content (AvgIpc) is 2.80. The minimum atomic E-state index is -0.0151. The minimum Gasteiger partial charge on any atom is -0.263 e. The van der Waals surface area contributed by atoms with E-state index < -0.39 is 0 Å². The highest BCUT2D eigenvalue weighted by atomic mass is 15.2. The second-order valence-corrected chi connectivity index (χ2v) is 3.20. The van der Waals surface area contributed by atoms with Gasteiger partial charge in [-0.25, -0.2) is 4.98 Å². The van der Waals surface area contributed by atoms with Crippen LogP contribution in [0.15, 0.2) is 36.7 Å². The molecule has 0 radical (unpaired) electrons. The van der Waals surface area contributed by atoms with Crippen molar-refractivity contribution in [3.63, 3.8) is 0 Å². The zero-order valence-corrected chi connectivity index (χ0v) is 8.09. The molecule has 0 fully saturated rings. The van der Waals surface area contributed by atoms with Crippen molar-refractivity contribution in [2.24, 2.45) is 0 Å². The monoisotopic (exact) mass is 198 g/mol. The molecule has 0 aliphatic carbocycles. The van der Waals surface area contributed by atoms with Crippen LogP contribution in [0.2, 0.25) is 0 Å². The van der Waals surface area contributed by atoms with E-state index in [-0.39, 0.29) is 5.92 Å². The molecular weight excluding hydrogens is 188 g/mol. The molecule has 0 spiro atoms. The van der Waals surface area contributed by atoms with E-state index >= 15 is 0 Å². The van der Waals surface area contributed by atoms with E-state index in [4.69, 9.17) is 5.26 Å². The summed E-state index contributed by atoms with van der Waals surface area (Å²) in [5, 5.41) is 15.4. The maximum Gasteiger partial charge on any atom is 0.137 e. The van der Waals surface area contributed by atoms with Crippen molar-refractivity contribution in [3.8, 4) is 6.07 Å². The predicted octanol–water partition coefficient (Wildman–Crippen LogP) is 1.85. The Hall–Kier alpha value is -2.15. The molecule has 0 amide bonds. The second-order valence-electron chi connectivity index (χ2n) is 3.20. The highest BCUT2D eigenvalue weighted by Crippen LogP contribution is 2.23. The van der Waals surface area contributed by atoms with Gasteiger partial charge in [0.1, 0.15) is 12.2 Å². The molecule has 1 atom stereocenters. The number of H-pyrrole nitrogens is 1. The van der Waals surface area contributed by atoms with Crippen molar-refractivity contribution >= 4 is 0 Å². The van der Waals surface area contributed by atoms with Gasteiger partial charge in [0.05, 0.1) is 12.0 Å². The van der Waals surface area contributed by atoms with Crippen LogP contribution in [-0.2, 0) is 0 Å². The fourth-order valence-electron chi connectivity index (χ4n) is 1.53. The fourth-order valence-corrected chi connectivity index (χ4v) is 1.53. The Morgan fingerprint density at radius 2 is 2.13 bits per heavy atom. The number of aromatic amines is 1. The summed E-state index contributed by atoms with van der Waals surface area (Å²) >= 11 is 0. The molecule has 1 aromatic heterocycles. The zero-order valence-electron chi connectivity index (χ0n) is 8.09. The van der Waals surface area contributed by atoms with Gasteiger partial charge in [0.15, 0.2) is 0 Å². The highest BCUT2D eigenvalue weighted by Gasteiger charge is 2.15. The van der Waals surface area contributed by atoms with Crippen LogP contribution in [0.3, 0.4) is 0 Å². The summed E-state index contributed by atoms with van der Waals surface area (Å²) < 4.78 is 0. The van der Waals surface area contributed by atoms with Gasteiger partial charge in [-0.05, 0) is 5.56 Å². The van der Waals surface area contributed by atoms with E-state index in [1.54, 1.807) is 0 Å². The maximum atomic E-state index is 8.78. The number of benzene rings is 1. The Kier molecular flexibility index (Phi) is 2.75. The van der Waals surface area contributed by atoms with E-state index in [0.29, 0.717) is 6.42 Å². The Morgan fingerprint density at radius 1 is 1.33 bits per heavy atom.